The highest BCUT2D eigenvalue weighted by Crippen LogP contribution is 2.33. The molecule has 2 rings (SSSR count). The molecule has 0 saturated heterocycles. The first-order valence-corrected chi connectivity index (χ1v) is 14.6. The second kappa shape index (κ2) is 16.7. The standard InChI is InChI=1S/C33H52O2/c1-5-7-9-11-13-15-17-19-28-21-26(3)23-30(32(28)34)25-31-24-27(4)22-29(33(31)35)20-18-16-14-12-10-8-6-2/h21-24,34-35H,5-20,25H2,1-4H3. The van der Waals surface area contributed by atoms with Gasteiger partial charge < -0.3 is 10.2 Å². The maximum atomic E-state index is 11.1. The lowest BCUT2D eigenvalue weighted by molar-refractivity contribution is 0.453. The predicted octanol–water partition coefficient (Wildman–Crippen LogP) is 9.89. The smallest absolute Gasteiger partial charge is 0.122 e. The Bertz CT molecular complexity index is 796. The van der Waals surface area contributed by atoms with Crippen molar-refractivity contribution in [2.24, 2.45) is 0 Å². The largest absolute Gasteiger partial charge is 0.507 e. The lowest BCUT2D eigenvalue weighted by Gasteiger charge is -2.15. The Labute approximate surface area is 216 Å². The summed E-state index contributed by atoms with van der Waals surface area (Å²) in [6, 6.07) is 8.44. The molecular weight excluding hydrogens is 428 g/mol. The number of unbranched alkanes of at least 4 members (excludes halogenated alkanes) is 12. The summed E-state index contributed by atoms with van der Waals surface area (Å²) in [6.07, 6.45) is 20.3. The maximum absolute atomic E-state index is 11.1. The van der Waals surface area contributed by atoms with Crippen molar-refractivity contribution in [1.29, 1.82) is 0 Å². The number of phenolic OH excluding ortho intramolecular Hbond substituents is 2. The average Bonchev–Trinajstić information content (AvgIpc) is 2.83. The normalized spacial score (nSPS) is 11.3. The van der Waals surface area contributed by atoms with Crippen molar-refractivity contribution in [2.45, 2.75) is 137 Å². The molecule has 2 aromatic rings. The van der Waals surface area contributed by atoms with Gasteiger partial charge in [-0.25, -0.2) is 0 Å². The van der Waals surface area contributed by atoms with Crippen LogP contribution < -0.4 is 0 Å². The van der Waals surface area contributed by atoms with Gasteiger partial charge in [0.15, 0.2) is 0 Å². The average molecular weight is 481 g/mol. The molecule has 2 nitrogen and oxygen atoms in total. The molecule has 2 aromatic carbocycles. The molecule has 0 heterocycles. The zero-order valence-corrected chi connectivity index (χ0v) is 23.2. The monoisotopic (exact) mass is 480 g/mol. The van der Waals surface area contributed by atoms with E-state index in [-0.39, 0.29) is 0 Å². The Kier molecular flexibility index (Phi) is 13.9. The van der Waals surface area contributed by atoms with Crippen LogP contribution in [0.25, 0.3) is 0 Å². The second-order valence-electron chi connectivity index (χ2n) is 10.8. The number of benzene rings is 2. The fourth-order valence-electron chi connectivity index (χ4n) is 5.27. The van der Waals surface area contributed by atoms with Crippen LogP contribution in [0, 0.1) is 13.8 Å². The first-order valence-electron chi connectivity index (χ1n) is 14.6. The Morgan fingerprint density at radius 3 is 1.14 bits per heavy atom. The molecule has 35 heavy (non-hydrogen) atoms. The van der Waals surface area contributed by atoms with Crippen LogP contribution in [0.4, 0.5) is 0 Å². The summed E-state index contributed by atoms with van der Waals surface area (Å²) >= 11 is 0. The second-order valence-corrected chi connectivity index (χ2v) is 10.8. The Morgan fingerprint density at radius 2 is 0.771 bits per heavy atom. The van der Waals surface area contributed by atoms with E-state index >= 15 is 0 Å². The van der Waals surface area contributed by atoms with E-state index < -0.39 is 0 Å². The summed E-state index contributed by atoms with van der Waals surface area (Å²) in [5.41, 5.74) is 6.36. The first-order chi connectivity index (χ1) is 17.0. The predicted molar refractivity (Wildman–Crippen MR) is 152 cm³/mol. The van der Waals surface area contributed by atoms with E-state index in [1.165, 1.54) is 88.2 Å². The minimum Gasteiger partial charge on any atom is -0.507 e. The van der Waals surface area contributed by atoms with Gasteiger partial charge in [-0.3, -0.25) is 0 Å². The molecule has 0 aliphatic rings. The van der Waals surface area contributed by atoms with Gasteiger partial charge in [0.25, 0.3) is 0 Å². The molecule has 0 aliphatic carbocycles. The highest BCUT2D eigenvalue weighted by molar-refractivity contribution is 5.50. The van der Waals surface area contributed by atoms with Gasteiger partial charge in [0.2, 0.25) is 0 Å². The lowest BCUT2D eigenvalue weighted by Crippen LogP contribution is -1.99. The lowest BCUT2D eigenvalue weighted by atomic mass is 9.93. The van der Waals surface area contributed by atoms with Gasteiger partial charge in [0, 0.05) is 6.42 Å². The van der Waals surface area contributed by atoms with Crippen molar-refractivity contribution in [1.82, 2.24) is 0 Å². The van der Waals surface area contributed by atoms with Gasteiger partial charge in [0.05, 0.1) is 0 Å². The van der Waals surface area contributed by atoms with E-state index in [1.807, 2.05) is 0 Å². The Hall–Kier alpha value is -1.96. The molecule has 0 spiro atoms. The molecule has 0 bridgehead atoms. The Morgan fingerprint density at radius 1 is 0.457 bits per heavy atom. The van der Waals surface area contributed by atoms with Crippen molar-refractivity contribution in [2.75, 3.05) is 0 Å². The van der Waals surface area contributed by atoms with E-state index in [1.54, 1.807) is 0 Å². The van der Waals surface area contributed by atoms with Gasteiger partial charge in [-0.1, -0.05) is 126 Å². The number of hydrogen-bond acceptors (Lipinski definition) is 2. The third kappa shape index (κ3) is 10.7. The highest BCUT2D eigenvalue weighted by atomic mass is 16.3. The summed E-state index contributed by atoms with van der Waals surface area (Å²) < 4.78 is 0. The van der Waals surface area contributed by atoms with Crippen molar-refractivity contribution in [3.05, 3.63) is 57.6 Å². The van der Waals surface area contributed by atoms with E-state index in [0.29, 0.717) is 17.9 Å². The van der Waals surface area contributed by atoms with Crippen LogP contribution in [0.15, 0.2) is 24.3 Å². The molecule has 0 saturated carbocycles. The quantitative estimate of drug-likeness (QED) is 0.208. The minimum absolute atomic E-state index is 0.427. The van der Waals surface area contributed by atoms with Crippen LogP contribution in [-0.4, -0.2) is 10.2 Å². The maximum Gasteiger partial charge on any atom is 0.122 e. The third-order valence-electron chi connectivity index (χ3n) is 7.30. The fraction of sp³-hybridized carbons (Fsp3) is 0.636. The molecule has 2 N–H and O–H groups in total. The molecule has 0 atom stereocenters. The van der Waals surface area contributed by atoms with Gasteiger partial charge in [-0.2, -0.15) is 0 Å². The van der Waals surface area contributed by atoms with E-state index in [2.05, 4.69) is 52.0 Å². The van der Waals surface area contributed by atoms with Crippen LogP contribution in [0.2, 0.25) is 0 Å². The molecule has 2 heteroatoms. The van der Waals surface area contributed by atoms with Crippen LogP contribution in [-0.2, 0) is 19.3 Å². The molecule has 0 fully saturated rings. The number of rotatable bonds is 18. The molecule has 0 unspecified atom stereocenters. The van der Waals surface area contributed by atoms with Gasteiger partial charge >= 0.3 is 0 Å². The van der Waals surface area contributed by atoms with Crippen molar-refractivity contribution in [3.8, 4) is 11.5 Å². The first kappa shape index (κ1) is 29.3. The number of hydrogen-bond donors (Lipinski definition) is 2. The number of aryl methyl sites for hydroxylation is 4. The van der Waals surface area contributed by atoms with Gasteiger partial charge in [-0.05, 0) is 61.8 Å². The summed E-state index contributed by atoms with van der Waals surface area (Å²) in [6.45, 7) is 8.73. The molecule has 196 valence electrons. The van der Waals surface area contributed by atoms with Crippen molar-refractivity contribution in [3.63, 3.8) is 0 Å². The highest BCUT2D eigenvalue weighted by Gasteiger charge is 2.14. The van der Waals surface area contributed by atoms with Crippen LogP contribution >= 0.6 is 0 Å². The third-order valence-corrected chi connectivity index (χ3v) is 7.30. The zero-order valence-electron chi connectivity index (χ0n) is 23.2. The summed E-state index contributed by atoms with van der Waals surface area (Å²) in [5.74, 6) is 0.854. The van der Waals surface area contributed by atoms with Crippen LogP contribution in [0.5, 0.6) is 11.5 Å². The summed E-state index contributed by atoms with van der Waals surface area (Å²) in [4.78, 5) is 0. The molecule has 0 aliphatic heterocycles. The number of aromatic hydroxyl groups is 2. The SMILES string of the molecule is CCCCCCCCCc1cc(C)cc(Cc2cc(C)cc(CCCCCCCCC)c2O)c1O. The molecule has 0 radical (unpaired) electrons. The number of phenols is 2. The zero-order chi connectivity index (χ0) is 25.5. The van der Waals surface area contributed by atoms with Gasteiger partial charge in [0.1, 0.15) is 11.5 Å². The molecule has 0 amide bonds. The summed E-state index contributed by atoms with van der Waals surface area (Å²) in [5, 5.41) is 22.1. The van der Waals surface area contributed by atoms with Crippen LogP contribution in [0.1, 0.15) is 137 Å². The minimum atomic E-state index is 0.427. The van der Waals surface area contributed by atoms with Crippen molar-refractivity contribution < 1.29 is 10.2 Å². The van der Waals surface area contributed by atoms with Crippen LogP contribution in [0.3, 0.4) is 0 Å². The van der Waals surface area contributed by atoms with Crippen molar-refractivity contribution >= 4 is 0 Å². The van der Waals surface area contributed by atoms with Gasteiger partial charge in [-0.15, -0.1) is 0 Å². The van der Waals surface area contributed by atoms with E-state index in [4.69, 9.17) is 0 Å². The molecule has 0 aromatic heterocycles. The Balaban J connectivity index is 1.98. The van der Waals surface area contributed by atoms with E-state index in [0.717, 1.165) is 47.9 Å². The fourth-order valence-corrected chi connectivity index (χ4v) is 5.27. The molecular formula is C33H52O2. The summed E-state index contributed by atoms with van der Waals surface area (Å²) in [7, 11) is 0. The topological polar surface area (TPSA) is 40.5 Å². The van der Waals surface area contributed by atoms with E-state index in [9.17, 15) is 10.2 Å².